The monoisotopic (exact) mass is 503 g/mol. The molecule has 2 N–H and O–H groups in total. The number of nitrogens with one attached hydrogen (secondary N) is 2. The van der Waals surface area contributed by atoms with Gasteiger partial charge >= 0.3 is 0 Å². The smallest absolute Gasteiger partial charge is 0.236 e. The average molecular weight is 504 g/mol. The molecule has 196 valence electrons. The minimum atomic E-state index is 0.121. The van der Waals surface area contributed by atoms with E-state index < -0.39 is 0 Å². The summed E-state index contributed by atoms with van der Waals surface area (Å²) in [7, 11) is 5.29. The normalized spacial score (nSPS) is 18.2. The molecule has 9 nitrogen and oxygen atoms in total. The number of methoxy groups -OCH3 is 1. The molecule has 4 aromatic rings. The molecule has 4 aromatic heterocycles. The largest absolute Gasteiger partial charge is 0.380 e. The van der Waals surface area contributed by atoms with Crippen molar-refractivity contribution >= 4 is 22.6 Å². The highest BCUT2D eigenvalue weighted by atomic mass is 16.5. The second-order valence-electron chi connectivity index (χ2n) is 10.6. The van der Waals surface area contributed by atoms with Crippen molar-refractivity contribution in [2.24, 2.45) is 0 Å². The average Bonchev–Trinajstić information content (AvgIpc) is 3.52. The van der Waals surface area contributed by atoms with Crippen LogP contribution >= 0.6 is 0 Å². The van der Waals surface area contributed by atoms with Crippen LogP contribution in [-0.4, -0.2) is 69.2 Å². The quantitative estimate of drug-likeness (QED) is 0.373. The number of H-pyrrole nitrogens is 1. The van der Waals surface area contributed by atoms with Crippen molar-refractivity contribution in [1.82, 2.24) is 34.8 Å². The molecule has 1 saturated carbocycles. The molecular formula is C28H37N7O2. The minimum absolute atomic E-state index is 0.121. The molecule has 1 aliphatic carbocycles. The number of fused-ring (bicyclic) bond motifs is 2. The number of pyridine rings is 2. The molecule has 0 aliphatic heterocycles. The topological polar surface area (TPSA) is 100 Å². The maximum atomic E-state index is 11.9. The first-order valence-electron chi connectivity index (χ1n) is 13.1. The molecule has 0 unspecified atom stereocenters. The number of hydrogen-bond acceptors (Lipinski definition) is 6. The summed E-state index contributed by atoms with van der Waals surface area (Å²) in [5.41, 5.74) is 8.40. The van der Waals surface area contributed by atoms with Crippen LogP contribution in [0.25, 0.3) is 27.9 Å². The SMILES string of the molecule is COCc1cc(-c2[nH]c3ccc(C4CCC(NCC(=O)N(C)C)CC4)nc3c2C(C)C)cn2ncnc12. The summed E-state index contributed by atoms with van der Waals surface area (Å²) in [6.45, 7) is 5.31. The third-order valence-electron chi connectivity index (χ3n) is 7.50. The molecule has 1 aliphatic rings. The molecule has 0 aromatic carbocycles. The summed E-state index contributed by atoms with van der Waals surface area (Å²) in [6, 6.07) is 6.89. The zero-order valence-electron chi connectivity index (χ0n) is 22.4. The Morgan fingerprint density at radius 1 is 1.24 bits per heavy atom. The van der Waals surface area contributed by atoms with Gasteiger partial charge in [0.25, 0.3) is 0 Å². The van der Waals surface area contributed by atoms with Crippen LogP contribution in [0.1, 0.15) is 68.2 Å². The van der Waals surface area contributed by atoms with Gasteiger partial charge in [-0.3, -0.25) is 9.78 Å². The first-order chi connectivity index (χ1) is 17.9. The maximum absolute atomic E-state index is 11.9. The van der Waals surface area contributed by atoms with E-state index in [4.69, 9.17) is 9.72 Å². The number of nitrogens with zero attached hydrogens (tertiary/aromatic N) is 5. The lowest BCUT2D eigenvalue weighted by Gasteiger charge is -2.29. The molecule has 0 atom stereocenters. The number of carbonyl (C=O) groups is 1. The van der Waals surface area contributed by atoms with E-state index in [2.05, 4.69) is 52.4 Å². The molecule has 0 bridgehead atoms. The summed E-state index contributed by atoms with van der Waals surface area (Å²) in [4.78, 5) is 26.8. The van der Waals surface area contributed by atoms with Gasteiger partial charge in [0.05, 0.1) is 29.9 Å². The molecule has 4 heterocycles. The van der Waals surface area contributed by atoms with Gasteiger partial charge < -0.3 is 19.9 Å². The van der Waals surface area contributed by atoms with Gasteiger partial charge in [-0.1, -0.05) is 13.8 Å². The maximum Gasteiger partial charge on any atom is 0.236 e. The van der Waals surface area contributed by atoms with Crippen molar-refractivity contribution in [1.29, 1.82) is 0 Å². The minimum Gasteiger partial charge on any atom is -0.380 e. The third-order valence-corrected chi connectivity index (χ3v) is 7.50. The molecule has 5 rings (SSSR count). The van der Waals surface area contributed by atoms with E-state index in [0.717, 1.165) is 64.9 Å². The summed E-state index contributed by atoms with van der Waals surface area (Å²) < 4.78 is 7.25. The van der Waals surface area contributed by atoms with Crippen molar-refractivity contribution in [3.8, 4) is 11.3 Å². The van der Waals surface area contributed by atoms with Crippen molar-refractivity contribution in [2.45, 2.75) is 64.0 Å². The number of hydrogen-bond donors (Lipinski definition) is 2. The Kier molecular flexibility index (Phi) is 7.26. The molecule has 0 spiro atoms. The van der Waals surface area contributed by atoms with Gasteiger partial charge in [0, 0.05) is 61.7 Å². The fraction of sp³-hybridized carbons (Fsp3) is 0.500. The Labute approximate surface area is 217 Å². The summed E-state index contributed by atoms with van der Waals surface area (Å²) in [6.07, 6.45) is 7.86. The van der Waals surface area contributed by atoms with Crippen LogP contribution in [0.2, 0.25) is 0 Å². The van der Waals surface area contributed by atoms with Gasteiger partial charge in [-0.2, -0.15) is 5.10 Å². The summed E-state index contributed by atoms with van der Waals surface area (Å²) in [5, 5.41) is 7.82. The predicted molar refractivity (Wildman–Crippen MR) is 145 cm³/mol. The van der Waals surface area contributed by atoms with E-state index in [1.165, 1.54) is 5.56 Å². The summed E-state index contributed by atoms with van der Waals surface area (Å²) >= 11 is 0. The number of likely N-dealkylation sites (N-methyl/N-ethyl adjacent to an activating group) is 1. The van der Waals surface area contributed by atoms with Crippen molar-refractivity contribution in [3.05, 3.63) is 47.5 Å². The van der Waals surface area contributed by atoms with E-state index in [9.17, 15) is 4.79 Å². The van der Waals surface area contributed by atoms with E-state index in [-0.39, 0.29) is 11.8 Å². The number of amides is 1. The van der Waals surface area contributed by atoms with Gasteiger partial charge in [0.15, 0.2) is 5.65 Å². The Balaban J connectivity index is 1.42. The number of rotatable bonds is 8. The fourth-order valence-electron chi connectivity index (χ4n) is 5.50. The molecule has 9 heteroatoms. The highest BCUT2D eigenvalue weighted by Crippen LogP contribution is 2.38. The molecule has 37 heavy (non-hydrogen) atoms. The number of carbonyl (C=O) groups excluding carboxylic acids is 1. The molecule has 0 saturated heterocycles. The van der Waals surface area contributed by atoms with Gasteiger partial charge in [0.2, 0.25) is 5.91 Å². The van der Waals surface area contributed by atoms with Crippen LogP contribution in [-0.2, 0) is 16.1 Å². The van der Waals surface area contributed by atoms with Crippen molar-refractivity contribution in [3.63, 3.8) is 0 Å². The molecular weight excluding hydrogens is 466 g/mol. The van der Waals surface area contributed by atoms with Gasteiger partial charge in [0.1, 0.15) is 6.33 Å². The van der Waals surface area contributed by atoms with Gasteiger partial charge in [-0.25, -0.2) is 9.50 Å². The summed E-state index contributed by atoms with van der Waals surface area (Å²) in [5.74, 6) is 0.846. The Morgan fingerprint density at radius 2 is 2.03 bits per heavy atom. The first kappa shape index (κ1) is 25.4. The van der Waals surface area contributed by atoms with Crippen LogP contribution in [0.3, 0.4) is 0 Å². The second kappa shape index (κ2) is 10.6. The number of ether oxygens (including phenoxy) is 1. The number of aromatic nitrogens is 5. The highest BCUT2D eigenvalue weighted by Gasteiger charge is 2.25. The first-order valence-corrected chi connectivity index (χ1v) is 13.1. The second-order valence-corrected chi connectivity index (χ2v) is 10.6. The fourth-order valence-corrected chi connectivity index (χ4v) is 5.50. The third kappa shape index (κ3) is 5.10. The Hall–Kier alpha value is -3.30. The van der Waals surface area contributed by atoms with Crippen molar-refractivity contribution in [2.75, 3.05) is 27.7 Å². The molecule has 1 fully saturated rings. The van der Waals surface area contributed by atoms with Crippen LogP contribution in [0.15, 0.2) is 30.7 Å². The Morgan fingerprint density at radius 3 is 2.73 bits per heavy atom. The highest BCUT2D eigenvalue weighted by molar-refractivity contribution is 5.88. The lowest BCUT2D eigenvalue weighted by molar-refractivity contribution is -0.127. The van der Waals surface area contributed by atoms with Crippen LogP contribution in [0, 0.1) is 0 Å². The van der Waals surface area contributed by atoms with Gasteiger partial charge in [-0.15, -0.1) is 0 Å². The van der Waals surface area contributed by atoms with E-state index in [1.54, 1.807) is 32.4 Å². The van der Waals surface area contributed by atoms with E-state index in [1.807, 2.05) is 10.7 Å². The number of aromatic amines is 1. The standard InChI is InChI=1S/C28H37N7O2/c1-17(2)25-26(19-12-20(15-37-5)28-30-16-31-35(28)14-19)33-23-11-10-22(32-27(23)25)18-6-8-21(9-7-18)29-13-24(36)34(3)4/h10-12,14,16-18,21,29,33H,6-9,13,15H2,1-5H3. The zero-order chi connectivity index (χ0) is 26.1. The lowest BCUT2D eigenvalue weighted by atomic mass is 9.83. The van der Waals surface area contributed by atoms with E-state index >= 15 is 0 Å². The lowest BCUT2D eigenvalue weighted by Crippen LogP contribution is -2.40. The van der Waals surface area contributed by atoms with Crippen LogP contribution in [0.4, 0.5) is 0 Å². The van der Waals surface area contributed by atoms with Crippen LogP contribution in [0.5, 0.6) is 0 Å². The van der Waals surface area contributed by atoms with Crippen LogP contribution < -0.4 is 5.32 Å². The van der Waals surface area contributed by atoms with E-state index in [0.29, 0.717) is 25.1 Å². The molecule has 0 radical (unpaired) electrons. The Bertz CT molecular complexity index is 1400. The zero-order valence-corrected chi connectivity index (χ0v) is 22.4. The predicted octanol–water partition coefficient (Wildman–Crippen LogP) is 4.25. The molecule has 1 amide bonds. The van der Waals surface area contributed by atoms with Gasteiger partial charge in [-0.05, 0) is 49.8 Å². The van der Waals surface area contributed by atoms with Crippen molar-refractivity contribution < 1.29 is 9.53 Å².